The van der Waals surface area contributed by atoms with E-state index in [1.807, 2.05) is 23.6 Å². The number of nitrogens with zero attached hydrogens (tertiary/aromatic N) is 1. The molecule has 2 aliphatic heterocycles. The van der Waals surface area contributed by atoms with Crippen molar-refractivity contribution >= 4 is 37.2 Å². The van der Waals surface area contributed by atoms with Gasteiger partial charge in [-0.3, -0.25) is 4.79 Å². The molecule has 0 radical (unpaired) electrons. The molecule has 4 rings (SSSR count). The van der Waals surface area contributed by atoms with Crippen LogP contribution >= 0.6 is 11.3 Å². The predicted octanol–water partition coefficient (Wildman–Crippen LogP) is 1.86. The number of carbonyl (C=O) groups is 1. The lowest BCUT2D eigenvalue weighted by Crippen LogP contribution is -2.60. The van der Waals surface area contributed by atoms with Gasteiger partial charge in [0.1, 0.15) is 5.25 Å². The lowest BCUT2D eigenvalue weighted by Gasteiger charge is -2.43. The molecule has 1 amide bonds. The number of hydrogen-bond donors (Lipinski definition) is 0. The van der Waals surface area contributed by atoms with Gasteiger partial charge in [-0.2, -0.15) is 0 Å². The van der Waals surface area contributed by atoms with Crippen molar-refractivity contribution < 1.29 is 17.9 Å². The van der Waals surface area contributed by atoms with Crippen molar-refractivity contribution in [2.24, 2.45) is 0 Å². The summed E-state index contributed by atoms with van der Waals surface area (Å²) in [6, 6.07) is 7.81. The van der Waals surface area contributed by atoms with Gasteiger partial charge in [0.2, 0.25) is 5.91 Å². The lowest BCUT2D eigenvalue weighted by atomic mass is 10.0. The fraction of sp³-hybridized carbons (Fsp3) is 0.471. The number of carbonyl (C=O) groups excluding carboxylic acids is 1. The van der Waals surface area contributed by atoms with E-state index in [1.165, 1.54) is 4.70 Å². The van der Waals surface area contributed by atoms with Gasteiger partial charge >= 0.3 is 0 Å². The molecule has 0 bridgehead atoms. The molecule has 0 N–H and O–H groups in total. The first-order chi connectivity index (χ1) is 11.6. The molecule has 2 aliphatic rings. The van der Waals surface area contributed by atoms with Crippen LogP contribution in [0.4, 0.5) is 0 Å². The summed E-state index contributed by atoms with van der Waals surface area (Å²) < 4.78 is 31.0. The zero-order valence-corrected chi connectivity index (χ0v) is 14.8. The Morgan fingerprint density at radius 3 is 3.04 bits per heavy atom. The number of hydrogen-bond acceptors (Lipinski definition) is 5. The number of rotatable bonds is 2. The number of amides is 1. The number of thiophene rings is 1. The molecule has 1 aromatic heterocycles. The highest BCUT2D eigenvalue weighted by molar-refractivity contribution is 7.92. The summed E-state index contributed by atoms with van der Waals surface area (Å²) in [6.07, 6.45) is 0.925. The van der Waals surface area contributed by atoms with Crippen LogP contribution in [0.5, 0.6) is 0 Å². The van der Waals surface area contributed by atoms with Crippen LogP contribution in [0.25, 0.3) is 10.1 Å². The molecular weight excluding hydrogens is 346 g/mol. The van der Waals surface area contributed by atoms with Gasteiger partial charge < -0.3 is 9.64 Å². The molecule has 0 saturated carbocycles. The van der Waals surface area contributed by atoms with Gasteiger partial charge in [0, 0.05) is 17.9 Å². The zero-order valence-electron chi connectivity index (χ0n) is 13.2. The third-order valence-electron chi connectivity index (χ3n) is 4.97. The highest BCUT2D eigenvalue weighted by atomic mass is 32.2. The molecule has 7 heteroatoms. The Labute approximate surface area is 145 Å². The summed E-state index contributed by atoms with van der Waals surface area (Å²) >= 11 is 1.64. The largest absolute Gasteiger partial charge is 0.380 e. The van der Waals surface area contributed by atoms with E-state index in [4.69, 9.17) is 4.74 Å². The molecule has 0 spiro atoms. The van der Waals surface area contributed by atoms with Gasteiger partial charge in [-0.1, -0.05) is 18.2 Å². The van der Waals surface area contributed by atoms with E-state index in [9.17, 15) is 13.2 Å². The third kappa shape index (κ3) is 2.74. The average molecular weight is 365 g/mol. The van der Waals surface area contributed by atoms with E-state index in [0.717, 1.165) is 10.9 Å². The van der Waals surface area contributed by atoms with Crippen LogP contribution in [0, 0.1) is 0 Å². The van der Waals surface area contributed by atoms with E-state index in [1.54, 1.807) is 16.2 Å². The standard InChI is InChI=1S/C17H19NO4S2/c19-17(9-12-11-23-15-4-2-1-3-13(12)15)18-6-8-24(20,21)16-10-22-7-5-14(16)18/h1-4,11,14,16H,5-10H2/t14-,16-/m1/s1. The van der Waals surface area contributed by atoms with E-state index in [0.29, 0.717) is 26.0 Å². The Morgan fingerprint density at radius 1 is 1.33 bits per heavy atom. The molecule has 5 nitrogen and oxygen atoms in total. The Morgan fingerprint density at radius 2 is 2.17 bits per heavy atom. The van der Waals surface area contributed by atoms with Crippen molar-refractivity contribution in [1.29, 1.82) is 0 Å². The predicted molar refractivity (Wildman–Crippen MR) is 94.0 cm³/mol. The van der Waals surface area contributed by atoms with Gasteiger partial charge in [-0.15, -0.1) is 11.3 Å². The molecule has 2 saturated heterocycles. The zero-order chi connectivity index (χ0) is 16.7. The minimum Gasteiger partial charge on any atom is -0.380 e. The van der Waals surface area contributed by atoms with Gasteiger partial charge in [0.15, 0.2) is 9.84 Å². The summed E-state index contributed by atoms with van der Waals surface area (Å²) in [5.41, 5.74) is 1.03. The summed E-state index contributed by atoms with van der Waals surface area (Å²) in [7, 11) is -3.16. The second-order valence-corrected chi connectivity index (χ2v) is 9.61. The monoisotopic (exact) mass is 365 g/mol. The molecule has 2 atom stereocenters. The summed E-state index contributed by atoms with van der Waals surface area (Å²) in [6.45, 7) is 1.02. The minimum atomic E-state index is -3.16. The van der Waals surface area contributed by atoms with Crippen molar-refractivity contribution in [3.8, 4) is 0 Å². The van der Waals surface area contributed by atoms with Gasteiger partial charge in [-0.05, 0) is 28.8 Å². The Hall–Kier alpha value is -1.44. The maximum Gasteiger partial charge on any atom is 0.227 e. The fourth-order valence-corrected chi connectivity index (χ4v) is 6.47. The maximum atomic E-state index is 12.9. The molecule has 0 aliphatic carbocycles. The van der Waals surface area contributed by atoms with Crippen molar-refractivity contribution in [2.45, 2.75) is 24.1 Å². The highest BCUT2D eigenvalue weighted by Gasteiger charge is 2.44. The molecule has 3 heterocycles. The first-order valence-corrected chi connectivity index (χ1v) is 10.7. The van der Waals surface area contributed by atoms with Crippen molar-refractivity contribution in [3.05, 3.63) is 35.2 Å². The van der Waals surface area contributed by atoms with Crippen molar-refractivity contribution in [2.75, 3.05) is 25.5 Å². The second-order valence-electron chi connectivity index (χ2n) is 6.36. The molecule has 0 unspecified atom stereocenters. The number of benzene rings is 1. The maximum absolute atomic E-state index is 12.9. The molecule has 2 aromatic rings. The third-order valence-corrected chi connectivity index (χ3v) is 8.11. The van der Waals surface area contributed by atoms with Crippen molar-refractivity contribution in [3.63, 3.8) is 0 Å². The van der Waals surface area contributed by atoms with Crippen LogP contribution < -0.4 is 0 Å². The van der Waals surface area contributed by atoms with Crippen LogP contribution in [0.1, 0.15) is 12.0 Å². The van der Waals surface area contributed by atoms with Crippen LogP contribution in [-0.4, -0.2) is 56.0 Å². The molecule has 2 fully saturated rings. The van der Waals surface area contributed by atoms with E-state index >= 15 is 0 Å². The van der Waals surface area contributed by atoms with Gasteiger partial charge in [0.05, 0.1) is 24.8 Å². The topological polar surface area (TPSA) is 63.7 Å². The Kier molecular flexibility index (Phi) is 4.10. The molecule has 128 valence electrons. The molecule has 1 aromatic carbocycles. The normalized spacial score (nSPS) is 26.2. The average Bonchev–Trinajstić information content (AvgIpc) is 2.98. The van der Waals surface area contributed by atoms with Gasteiger partial charge in [0.25, 0.3) is 0 Å². The van der Waals surface area contributed by atoms with E-state index in [2.05, 4.69) is 6.07 Å². The lowest BCUT2D eigenvalue weighted by molar-refractivity contribution is -0.134. The molecule has 24 heavy (non-hydrogen) atoms. The summed E-state index contributed by atoms with van der Waals surface area (Å²) in [5.74, 6) is 0.0542. The smallest absolute Gasteiger partial charge is 0.227 e. The Balaban J connectivity index is 1.58. The van der Waals surface area contributed by atoms with E-state index in [-0.39, 0.29) is 24.3 Å². The number of sulfone groups is 1. The first kappa shape index (κ1) is 16.1. The van der Waals surface area contributed by atoms with Crippen LogP contribution in [0.3, 0.4) is 0 Å². The number of ether oxygens (including phenoxy) is 1. The summed E-state index contributed by atoms with van der Waals surface area (Å²) in [5, 5.41) is 2.58. The van der Waals surface area contributed by atoms with Gasteiger partial charge in [-0.25, -0.2) is 8.42 Å². The Bertz CT molecular complexity index is 874. The SMILES string of the molecule is O=C(Cc1csc2ccccc12)N1CCS(=O)(=O)[C@@H]2COCC[C@H]21. The van der Waals surface area contributed by atoms with Crippen molar-refractivity contribution in [1.82, 2.24) is 4.90 Å². The second kappa shape index (κ2) is 6.13. The summed E-state index contributed by atoms with van der Waals surface area (Å²) in [4.78, 5) is 14.6. The fourth-order valence-electron chi connectivity index (χ4n) is 3.69. The van der Waals surface area contributed by atoms with Crippen LogP contribution in [0.15, 0.2) is 29.6 Å². The first-order valence-electron chi connectivity index (χ1n) is 8.10. The molecular formula is C17H19NO4S2. The highest BCUT2D eigenvalue weighted by Crippen LogP contribution is 2.29. The van der Waals surface area contributed by atoms with Crippen LogP contribution in [0.2, 0.25) is 0 Å². The quantitative estimate of drug-likeness (QED) is 0.815. The van der Waals surface area contributed by atoms with Crippen LogP contribution in [-0.2, 0) is 25.8 Å². The van der Waals surface area contributed by atoms with E-state index < -0.39 is 15.1 Å². The number of fused-ring (bicyclic) bond motifs is 2. The minimum absolute atomic E-state index is 0.0188.